The fourth-order valence-electron chi connectivity index (χ4n) is 1.88. The summed E-state index contributed by atoms with van der Waals surface area (Å²) in [7, 11) is 1.66. The lowest BCUT2D eigenvalue weighted by molar-refractivity contribution is 0.0916. The molecule has 3 N–H and O–H groups in total. The average molecular weight is 324 g/mol. The van der Waals surface area contributed by atoms with Crippen molar-refractivity contribution in [2.75, 3.05) is 18.9 Å². The van der Waals surface area contributed by atoms with Crippen molar-refractivity contribution in [2.24, 2.45) is 0 Å². The number of carbonyl (C=O) groups is 1. The van der Waals surface area contributed by atoms with Gasteiger partial charge in [0, 0.05) is 19.2 Å². The third-order valence-electron chi connectivity index (χ3n) is 3.00. The van der Waals surface area contributed by atoms with Gasteiger partial charge < -0.3 is 15.7 Å². The van der Waals surface area contributed by atoms with Gasteiger partial charge >= 0.3 is 0 Å². The van der Waals surface area contributed by atoms with E-state index in [2.05, 4.69) is 15.6 Å². The van der Waals surface area contributed by atoms with Crippen LogP contribution in [0.2, 0.25) is 5.15 Å². The van der Waals surface area contributed by atoms with Crippen LogP contribution in [0.1, 0.15) is 22.0 Å². The minimum absolute atomic E-state index is 0.0445. The van der Waals surface area contributed by atoms with Gasteiger partial charge in [0.05, 0.1) is 6.10 Å². The lowest BCUT2D eigenvalue weighted by atomic mass is 10.1. The van der Waals surface area contributed by atoms with Gasteiger partial charge in [-0.1, -0.05) is 23.7 Å². The zero-order valence-corrected chi connectivity index (χ0v) is 12.6. The number of halogens is 2. The second-order valence-electron chi connectivity index (χ2n) is 4.59. The van der Waals surface area contributed by atoms with E-state index >= 15 is 0 Å². The maximum absolute atomic E-state index is 13.1. The molecule has 5 nitrogen and oxygen atoms in total. The summed E-state index contributed by atoms with van der Waals surface area (Å²) in [5.74, 6) is -0.387. The first-order chi connectivity index (χ1) is 10.5. The third kappa shape index (κ3) is 4.16. The van der Waals surface area contributed by atoms with Crippen molar-refractivity contribution in [1.29, 1.82) is 0 Å². The van der Waals surface area contributed by atoms with Crippen LogP contribution in [0.4, 0.5) is 10.2 Å². The van der Waals surface area contributed by atoms with Crippen molar-refractivity contribution in [3.63, 3.8) is 0 Å². The Hall–Kier alpha value is -2.18. The molecule has 1 unspecified atom stereocenters. The number of benzene rings is 1. The molecule has 1 aromatic carbocycles. The Kier molecular flexibility index (Phi) is 5.30. The predicted molar refractivity (Wildman–Crippen MR) is 82.5 cm³/mol. The van der Waals surface area contributed by atoms with E-state index in [1.807, 2.05) is 0 Å². The van der Waals surface area contributed by atoms with E-state index in [4.69, 9.17) is 11.6 Å². The van der Waals surface area contributed by atoms with E-state index in [0.717, 1.165) is 0 Å². The van der Waals surface area contributed by atoms with Crippen LogP contribution in [0.25, 0.3) is 0 Å². The van der Waals surface area contributed by atoms with Crippen molar-refractivity contribution in [3.05, 3.63) is 58.5 Å². The van der Waals surface area contributed by atoms with Crippen LogP contribution in [0.5, 0.6) is 0 Å². The Morgan fingerprint density at radius 3 is 2.86 bits per heavy atom. The topological polar surface area (TPSA) is 74.2 Å². The SMILES string of the molecule is CNc1cc(C(=O)NCC(O)c2cccc(F)c2)cc(Cl)n1. The van der Waals surface area contributed by atoms with Gasteiger partial charge in [0.2, 0.25) is 0 Å². The van der Waals surface area contributed by atoms with Crippen LogP contribution < -0.4 is 10.6 Å². The largest absolute Gasteiger partial charge is 0.387 e. The molecule has 2 aromatic rings. The highest BCUT2D eigenvalue weighted by molar-refractivity contribution is 6.29. The molecular weight excluding hydrogens is 309 g/mol. The molecule has 0 radical (unpaired) electrons. The first-order valence-electron chi connectivity index (χ1n) is 6.56. The van der Waals surface area contributed by atoms with Gasteiger partial charge in [0.15, 0.2) is 0 Å². The maximum atomic E-state index is 13.1. The van der Waals surface area contributed by atoms with Gasteiger partial charge in [0.1, 0.15) is 16.8 Å². The number of amides is 1. The van der Waals surface area contributed by atoms with Crippen LogP contribution in [0.15, 0.2) is 36.4 Å². The molecule has 0 spiro atoms. The lowest BCUT2D eigenvalue weighted by Gasteiger charge is -2.13. The number of nitrogens with one attached hydrogen (secondary N) is 2. The molecule has 1 amide bonds. The van der Waals surface area contributed by atoms with Gasteiger partial charge in [-0.15, -0.1) is 0 Å². The summed E-state index contributed by atoms with van der Waals surface area (Å²) in [5, 5.41) is 15.5. The fourth-order valence-corrected chi connectivity index (χ4v) is 2.09. The van der Waals surface area contributed by atoms with Crippen LogP contribution >= 0.6 is 11.6 Å². The van der Waals surface area contributed by atoms with Gasteiger partial charge in [-0.3, -0.25) is 4.79 Å². The predicted octanol–water partition coefficient (Wildman–Crippen LogP) is 2.38. The van der Waals surface area contributed by atoms with Gasteiger partial charge in [0.25, 0.3) is 5.91 Å². The second kappa shape index (κ2) is 7.20. The summed E-state index contributed by atoms with van der Waals surface area (Å²) in [4.78, 5) is 16.0. The Bertz CT molecular complexity index is 682. The zero-order valence-electron chi connectivity index (χ0n) is 11.8. The molecule has 7 heteroatoms. The molecule has 0 bridgehead atoms. The molecule has 1 heterocycles. The number of anilines is 1. The number of rotatable bonds is 5. The highest BCUT2D eigenvalue weighted by Crippen LogP contribution is 2.15. The van der Waals surface area contributed by atoms with E-state index < -0.39 is 17.8 Å². The molecule has 0 aliphatic heterocycles. The summed E-state index contributed by atoms with van der Waals surface area (Å²) in [6.07, 6.45) is -0.999. The maximum Gasteiger partial charge on any atom is 0.251 e. The molecule has 0 aliphatic rings. The van der Waals surface area contributed by atoms with Crippen molar-refractivity contribution in [2.45, 2.75) is 6.10 Å². The minimum atomic E-state index is -0.999. The molecule has 0 fully saturated rings. The van der Waals surface area contributed by atoms with Gasteiger partial charge in [-0.2, -0.15) is 0 Å². The second-order valence-corrected chi connectivity index (χ2v) is 4.98. The monoisotopic (exact) mass is 323 g/mol. The lowest BCUT2D eigenvalue weighted by Crippen LogP contribution is -2.28. The van der Waals surface area contributed by atoms with Crippen LogP contribution in [-0.4, -0.2) is 29.6 Å². The first kappa shape index (κ1) is 16.2. The number of pyridine rings is 1. The van der Waals surface area contributed by atoms with E-state index in [1.54, 1.807) is 13.1 Å². The number of aliphatic hydroxyl groups excluding tert-OH is 1. The third-order valence-corrected chi connectivity index (χ3v) is 3.20. The zero-order chi connectivity index (χ0) is 16.1. The number of carbonyl (C=O) groups excluding carboxylic acids is 1. The number of hydrogen-bond donors (Lipinski definition) is 3. The van der Waals surface area contributed by atoms with E-state index in [1.165, 1.54) is 30.3 Å². The smallest absolute Gasteiger partial charge is 0.251 e. The normalized spacial score (nSPS) is 11.8. The molecule has 0 saturated carbocycles. The van der Waals surface area contributed by atoms with E-state index in [0.29, 0.717) is 16.9 Å². The summed E-state index contributed by atoms with van der Waals surface area (Å²) >= 11 is 5.83. The number of hydrogen-bond acceptors (Lipinski definition) is 4. The van der Waals surface area contributed by atoms with Crippen LogP contribution in [0.3, 0.4) is 0 Å². The molecule has 22 heavy (non-hydrogen) atoms. The molecule has 1 atom stereocenters. The molecule has 2 rings (SSSR count). The van der Waals surface area contributed by atoms with Crippen molar-refractivity contribution in [1.82, 2.24) is 10.3 Å². The van der Waals surface area contributed by atoms with Crippen LogP contribution in [0, 0.1) is 5.82 Å². The number of aliphatic hydroxyl groups is 1. The van der Waals surface area contributed by atoms with E-state index in [-0.39, 0.29) is 11.7 Å². The Balaban J connectivity index is 2.02. The Morgan fingerprint density at radius 2 is 2.18 bits per heavy atom. The highest BCUT2D eigenvalue weighted by atomic mass is 35.5. The molecular formula is C15H15ClFN3O2. The van der Waals surface area contributed by atoms with Crippen molar-refractivity contribution in [3.8, 4) is 0 Å². The number of aromatic nitrogens is 1. The highest BCUT2D eigenvalue weighted by Gasteiger charge is 2.13. The first-order valence-corrected chi connectivity index (χ1v) is 6.94. The molecule has 116 valence electrons. The molecule has 0 aliphatic carbocycles. The number of nitrogens with zero attached hydrogens (tertiary/aromatic N) is 1. The summed E-state index contributed by atoms with van der Waals surface area (Å²) < 4.78 is 13.1. The fraction of sp³-hybridized carbons (Fsp3) is 0.200. The Morgan fingerprint density at radius 1 is 1.41 bits per heavy atom. The van der Waals surface area contributed by atoms with E-state index in [9.17, 15) is 14.3 Å². The molecule has 0 saturated heterocycles. The van der Waals surface area contributed by atoms with Crippen molar-refractivity contribution < 1.29 is 14.3 Å². The minimum Gasteiger partial charge on any atom is -0.387 e. The summed E-state index contributed by atoms with van der Waals surface area (Å²) in [6, 6.07) is 8.55. The summed E-state index contributed by atoms with van der Waals surface area (Å²) in [5.41, 5.74) is 0.708. The standard InChI is InChI=1S/C15H15ClFN3O2/c1-18-14-7-10(6-13(16)20-14)15(22)19-8-12(21)9-3-2-4-11(17)5-9/h2-7,12,21H,8H2,1H3,(H,18,20)(H,19,22). The summed E-state index contributed by atoms with van der Waals surface area (Å²) in [6.45, 7) is -0.0445. The quantitative estimate of drug-likeness (QED) is 0.739. The van der Waals surface area contributed by atoms with Crippen LogP contribution in [-0.2, 0) is 0 Å². The van der Waals surface area contributed by atoms with Crippen molar-refractivity contribution >= 4 is 23.3 Å². The molecule has 1 aromatic heterocycles. The Labute approximate surface area is 132 Å². The van der Waals surface area contributed by atoms with Gasteiger partial charge in [-0.05, 0) is 29.8 Å². The average Bonchev–Trinajstić information content (AvgIpc) is 2.51. The van der Waals surface area contributed by atoms with Gasteiger partial charge in [-0.25, -0.2) is 9.37 Å².